The van der Waals surface area contributed by atoms with Crippen LogP contribution in [0.15, 0.2) is 18.2 Å². The quantitative estimate of drug-likeness (QED) is 0.875. The van der Waals surface area contributed by atoms with Gasteiger partial charge in [-0.2, -0.15) is 0 Å². The van der Waals surface area contributed by atoms with Gasteiger partial charge < -0.3 is 10.4 Å². The molecule has 1 unspecified atom stereocenters. The first-order chi connectivity index (χ1) is 8.40. The molecule has 5 heteroatoms. The Balaban J connectivity index is 2.52. The van der Waals surface area contributed by atoms with Crippen molar-refractivity contribution in [2.45, 2.75) is 26.4 Å². The zero-order valence-corrected chi connectivity index (χ0v) is 11.9. The Morgan fingerprint density at radius 3 is 2.56 bits per heavy atom. The van der Waals surface area contributed by atoms with Crippen LogP contribution in [0.4, 0.5) is 0 Å². The molecule has 0 saturated heterocycles. The van der Waals surface area contributed by atoms with Crippen molar-refractivity contribution in [3.63, 3.8) is 0 Å². The topological polar surface area (TPSA) is 49.3 Å². The minimum Gasteiger partial charge on any atom is -0.391 e. The van der Waals surface area contributed by atoms with E-state index in [0.717, 1.165) is 0 Å². The lowest BCUT2D eigenvalue weighted by molar-refractivity contribution is 0.0900. The maximum absolute atomic E-state index is 11.8. The molecule has 3 nitrogen and oxygen atoms in total. The lowest BCUT2D eigenvalue weighted by Gasteiger charge is -2.14. The van der Waals surface area contributed by atoms with E-state index < -0.39 is 6.10 Å². The van der Waals surface area contributed by atoms with Gasteiger partial charge >= 0.3 is 0 Å². The maximum atomic E-state index is 11.8. The van der Waals surface area contributed by atoms with E-state index in [-0.39, 0.29) is 12.5 Å². The van der Waals surface area contributed by atoms with Crippen LogP contribution in [0.2, 0.25) is 10.0 Å². The molecule has 0 aliphatic heterocycles. The highest BCUT2D eigenvalue weighted by atomic mass is 35.5. The number of rotatable bonds is 5. The molecule has 0 saturated carbocycles. The summed E-state index contributed by atoms with van der Waals surface area (Å²) in [4.78, 5) is 11.8. The summed E-state index contributed by atoms with van der Waals surface area (Å²) in [5.74, 6) is 0.123. The van der Waals surface area contributed by atoms with Crippen molar-refractivity contribution >= 4 is 29.1 Å². The van der Waals surface area contributed by atoms with Crippen LogP contribution in [-0.2, 0) is 0 Å². The Bertz CT molecular complexity index is 421. The first-order valence-corrected chi connectivity index (χ1v) is 6.57. The van der Waals surface area contributed by atoms with Gasteiger partial charge in [0.2, 0.25) is 0 Å². The number of hydrogen-bond donors (Lipinski definition) is 2. The Morgan fingerprint density at radius 1 is 1.33 bits per heavy atom. The minimum atomic E-state index is -0.531. The highest BCUT2D eigenvalue weighted by molar-refractivity contribution is 6.42. The average Bonchev–Trinajstić information content (AvgIpc) is 2.28. The second-order valence-electron chi connectivity index (χ2n) is 4.62. The number of aliphatic hydroxyl groups is 1. The molecule has 0 aliphatic rings. The van der Waals surface area contributed by atoms with Gasteiger partial charge in [-0.05, 0) is 30.5 Å². The molecule has 1 amide bonds. The molecule has 0 radical (unpaired) electrons. The van der Waals surface area contributed by atoms with Crippen molar-refractivity contribution in [2.75, 3.05) is 6.54 Å². The second kappa shape index (κ2) is 6.98. The molecule has 2 N–H and O–H groups in total. The van der Waals surface area contributed by atoms with Crippen LogP contribution >= 0.6 is 23.2 Å². The predicted octanol–water partition coefficient (Wildman–Crippen LogP) is 3.13. The normalized spacial score (nSPS) is 12.6. The number of aliphatic hydroxyl groups excluding tert-OH is 1. The molecule has 18 heavy (non-hydrogen) atoms. The van der Waals surface area contributed by atoms with Gasteiger partial charge in [0.25, 0.3) is 5.91 Å². The predicted molar refractivity (Wildman–Crippen MR) is 74.3 cm³/mol. The molecule has 1 aromatic rings. The number of carbonyl (C=O) groups is 1. The van der Waals surface area contributed by atoms with Crippen molar-refractivity contribution in [1.29, 1.82) is 0 Å². The van der Waals surface area contributed by atoms with Gasteiger partial charge in [-0.1, -0.05) is 37.0 Å². The fourth-order valence-electron chi connectivity index (χ4n) is 1.58. The molecule has 1 aromatic carbocycles. The van der Waals surface area contributed by atoms with E-state index in [1.807, 2.05) is 13.8 Å². The summed E-state index contributed by atoms with van der Waals surface area (Å²) in [6.07, 6.45) is 0.124. The van der Waals surface area contributed by atoms with Crippen LogP contribution in [-0.4, -0.2) is 23.7 Å². The third kappa shape index (κ3) is 4.84. The molecule has 100 valence electrons. The molecular formula is C13H17Cl2NO2. The summed E-state index contributed by atoms with van der Waals surface area (Å²) in [6, 6.07) is 4.68. The summed E-state index contributed by atoms with van der Waals surface area (Å²) < 4.78 is 0. The Kier molecular flexibility index (Phi) is 5.93. The van der Waals surface area contributed by atoms with Crippen LogP contribution in [0, 0.1) is 5.92 Å². The lowest BCUT2D eigenvalue weighted by Crippen LogP contribution is -2.32. The smallest absolute Gasteiger partial charge is 0.251 e. The third-order valence-corrected chi connectivity index (χ3v) is 3.16. The van der Waals surface area contributed by atoms with Gasteiger partial charge in [-0.3, -0.25) is 4.79 Å². The van der Waals surface area contributed by atoms with Crippen molar-refractivity contribution < 1.29 is 9.90 Å². The number of halogens is 2. The third-order valence-electron chi connectivity index (χ3n) is 2.42. The summed E-state index contributed by atoms with van der Waals surface area (Å²) in [7, 11) is 0. The maximum Gasteiger partial charge on any atom is 0.251 e. The van der Waals surface area contributed by atoms with Gasteiger partial charge in [0.15, 0.2) is 0 Å². The minimum absolute atomic E-state index is 0.233. The molecule has 0 heterocycles. The number of hydrogen-bond acceptors (Lipinski definition) is 2. The van der Waals surface area contributed by atoms with E-state index in [4.69, 9.17) is 23.2 Å². The molecular weight excluding hydrogens is 273 g/mol. The van der Waals surface area contributed by atoms with Crippen molar-refractivity contribution in [2.24, 2.45) is 5.92 Å². The van der Waals surface area contributed by atoms with Crippen LogP contribution in [0.1, 0.15) is 30.6 Å². The first kappa shape index (κ1) is 15.3. The molecule has 0 spiro atoms. The van der Waals surface area contributed by atoms with E-state index in [9.17, 15) is 9.90 Å². The Morgan fingerprint density at radius 2 is 2.00 bits per heavy atom. The second-order valence-corrected chi connectivity index (χ2v) is 5.44. The summed E-state index contributed by atoms with van der Waals surface area (Å²) in [5.41, 5.74) is 0.432. The van der Waals surface area contributed by atoms with Crippen LogP contribution in [0.25, 0.3) is 0 Å². The van der Waals surface area contributed by atoms with E-state index in [2.05, 4.69) is 5.32 Å². The SMILES string of the molecule is CC(C)CC(O)CNC(=O)c1ccc(Cl)c(Cl)c1. The highest BCUT2D eigenvalue weighted by Gasteiger charge is 2.11. The summed E-state index contributed by atoms with van der Waals surface area (Å²) in [6.45, 7) is 4.27. The number of benzene rings is 1. The van der Waals surface area contributed by atoms with E-state index in [0.29, 0.717) is 27.9 Å². The van der Waals surface area contributed by atoms with E-state index >= 15 is 0 Å². The molecule has 0 aliphatic carbocycles. The van der Waals surface area contributed by atoms with Gasteiger partial charge in [0.1, 0.15) is 0 Å². The molecule has 1 atom stereocenters. The van der Waals surface area contributed by atoms with Crippen LogP contribution in [0.5, 0.6) is 0 Å². The standard InChI is InChI=1S/C13H17Cl2NO2/c1-8(2)5-10(17)7-16-13(18)9-3-4-11(14)12(15)6-9/h3-4,6,8,10,17H,5,7H2,1-2H3,(H,16,18). The van der Waals surface area contributed by atoms with Gasteiger partial charge in [-0.15, -0.1) is 0 Å². The van der Waals surface area contributed by atoms with E-state index in [1.54, 1.807) is 12.1 Å². The van der Waals surface area contributed by atoms with Crippen LogP contribution < -0.4 is 5.32 Å². The van der Waals surface area contributed by atoms with Crippen molar-refractivity contribution in [3.05, 3.63) is 33.8 Å². The van der Waals surface area contributed by atoms with Gasteiger partial charge in [0.05, 0.1) is 16.1 Å². The van der Waals surface area contributed by atoms with E-state index in [1.165, 1.54) is 6.07 Å². The van der Waals surface area contributed by atoms with Gasteiger partial charge in [-0.25, -0.2) is 0 Å². The van der Waals surface area contributed by atoms with Crippen LogP contribution in [0.3, 0.4) is 0 Å². The number of amides is 1. The van der Waals surface area contributed by atoms with Crippen molar-refractivity contribution in [1.82, 2.24) is 5.32 Å². The fraction of sp³-hybridized carbons (Fsp3) is 0.462. The van der Waals surface area contributed by atoms with Gasteiger partial charge in [0, 0.05) is 12.1 Å². The molecule has 1 rings (SSSR count). The molecule has 0 aromatic heterocycles. The Labute approximate surface area is 117 Å². The summed E-state index contributed by atoms with van der Waals surface area (Å²) in [5, 5.41) is 13.1. The average molecular weight is 290 g/mol. The van der Waals surface area contributed by atoms with Crippen molar-refractivity contribution in [3.8, 4) is 0 Å². The zero-order valence-electron chi connectivity index (χ0n) is 10.4. The fourth-order valence-corrected chi connectivity index (χ4v) is 1.88. The largest absolute Gasteiger partial charge is 0.391 e. The zero-order chi connectivity index (χ0) is 13.7. The first-order valence-electron chi connectivity index (χ1n) is 5.81. The molecule has 0 fully saturated rings. The summed E-state index contributed by atoms with van der Waals surface area (Å²) >= 11 is 11.6. The number of carbonyl (C=O) groups excluding carboxylic acids is 1. The molecule has 0 bridgehead atoms. The Hall–Kier alpha value is -0.770. The highest BCUT2D eigenvalue weighted by Crippen LogP contribution is 2.22. The lowest BCUT2D eigenvalue weighted by atomic mass is 10.1. The monoisotopic (exact) mass is 289 g/mol. The number of nitrogens with one attached hydrogen (secondary N) is 1.